The van der Waals surface area contributed by atoms with E-state index in [1.54, 1.807) is 42.5 Å². The average Bonchev–Trinajstić information content (AvgIpc) is 2.83. The Morgan fingerprint density at radius 2 is 1.78 bits per heavy atom. The number of fused-ring (bicyclic) bond motifs is 1. The summed E-state index contributed by atoms with van der Waals surface area (Å²) in [6.07, 6.45) is 3.20. The van der Waals surface area contributed by atoms with Gasteiger partial charge < -0.3 is 14.7 Å². The molecular formula is C26H18Cl3I2NO4. The SMILES string of the molecule is O=C(O)[C@@H]1Cc2cc(I)c(OCc3c(Cl)cccc3Cl)c(I)c2CN1C(=O)/C=C/c1cccc(Cl)c1. The van der Waals surface area contributed by atoms with Crippen molar-refractivity contribution in [1.29, 1.82) is 0 Å². The highest BCUT2D eigenvalue weighted by atomic mass is 127. The molecule has 1 N–H and O–H groups in total. The average molecular weight is 769 g/mol. The molecule has 0 aliphatic carbocycles. The van der Waals surface area contributed by atoms with E-state index in [1.165, 1.54) is 11.0 Å². The van der Waals surface area contributed by atoms with Crippen molar-refractivity contribution in [3.8, 4) is 5.75 Å². The molecule has 10 heteroatoms. The van der Waals surface area contributed by atoms with Crippen LogP contribution in [0.5, 0.6) is 5.75 Å². The summed E-state index contributed by atoms with van der Waals surface area (Å²) >= 11 is 23.0. The second-order valence-electron chi connectivity index (χ2n) is 8.04. The van der Waals surface area contributed by atoms with Crippen LogP contribution in [0.4, 0.5) is 0 Å². The van der Waals surface area contributed by atoms with E-state index in [0.29, 0.717) is 26.4 Å². The molecule has 1 aliphatic heterocycles. The molecule has 0 saturated heterocycles. The van der Waals surface area contributed by atoms with Crippen molar-refractivity contribution in [3.05, 3.63) is 99.1 Å². The fourth-order valence-corrected chi connectivity index (χ4v) is 6.90. The lowest BCUT2D eigenvalue weighted by Gasteiger charge is -2.35. The Hall–Kier alpha value is -1.53. The molecule has 0 radical (unpaired) electrons. The molecule has 5 nitrogen and oxygen atoms in total. The minimum atomic E-state index is -1.05. The number of hydrogen-bond donors (Lipinski definition) is 1. The van der Waals surface area contributed by atoms with Gasteiger partial charge in [-0.25, -0.2) is 4.79 Å². The van der Waals surface area contributed by atoms with Gasteiger partial charge in [-0.05, 0) is 98.3 Å². The van der Waals surface area contributed by atoms with E-state index < -0.39 is 17.9 Å². The van der Waals surface area contributed by atoms with Gasteiger partial charge in [0.05, 0.1) is 7.14 Å². The summed E-state index contributed by atoms with van der Waals surface area (Å²) in [5, 5.41) is 11.4. The van der Waals surface area contributed by atoms with Gasteiger partial charge in [0.1, 0.15) is 18.4 Å². The molecule has 0 bridgehead atoms. The highest BCUT2D eigenvalue weighted by molar-refractivity contribution is 14.1. The van der Waals surface area contributed by atoms with E-state index in [0.717, 1.165) is 23.8 Å². The zero-order valence-corrected chi connectivity index (χ0v) is 25.1. The summed E-state index contributed by atoms with van der Waals surface area (Å²) in [7, 11) is 0. The fraction of sp³-hybridized carbons (Fsp3) is 0.154. The molecule has 186 valence electrons. The standard InChI is InChI=1S/C26H18Cl3I2NO4/c27-16-4-1-3-14(9-16)7-8-23(33)32-12-17-15(11-22(32)26(34)35)10-21(30)25(24(17)31)36-13-18-19(28)5-2-6-20(18)29/h1-10,22H,11-13H2,(H,34,35)/b8-7+/t22-/m0/s1. The largest absolute Gasteiger partial charge is 0.487 e. The van der Waals surface area contributed by atoms with Crippen molar-refractivity contribution >= 4 is 97.9 Å². The minimum Gasteiger partial charge on any atom is -0.487 e. The number of hydrogen-bond acceptors (Lipinski definition) is 3. The van der Waals surface area contributed by atoms with Gasteiger partial charge in [0.15, 0.2) is 0 Å². The lowest BCUT2D eigenvalue weighted by molar-refractivity contribution is -0.149. The molecule has 0 saturated carbocycles. The molecular weight excluding hydrogens is 750 g/mol. The zero-order valence-electron chi connectivity index (χ0n) is 18.5. The zero-order chi connectivity index (χ0) is 26.0. The van der Waals surface area contributed by atoms with Crippen LogP contribution in [0.1, 0.15) is 22.3 Å². The Balaban J connectivity index is 1.62. The Morgan fingerprint density at radius 1 is 1.08 bits per heavy atom. The molecule has 1 heterocycles. The molecule has 1 aliphatic rings. The Bertz CT molecular complexity index is 1360. The first-order valence-electron chi connectivity index (χ1n) is 10.7. The fourth-order valence-electron chi connectivity index (χ4n) is 3.91. The number of benzene rings is 3. The number of carbonyl (C=O) groups excluding carboxylic acids is 1. The van der Waals surface area contributed by atoms with Gasteiger partial charge >= 0.3 is 5.97 Å². The second-order valence-corrected chi connectivity index (χ2v) is 11.5. The molecule has 4 rings (SSSR count). The maximum atomic E-state index is 13.1. The number of halogens is 5. The molecule has 3 aromatic rings. The highest BCUT2D eigenvalue weighted by Gasteiger charge is 2.36. The van der Waals surface area contributed by atoms with E-state index in [9.17, 15) is 14.7 Å². The van der Waals surface area contributed by atoms with Crippen molar-refractivity contribution in [2.75, 3.05) is 0 Å². The van der Waals surface area contributed by atoms with Crippen LogP contribution in [0.2, 0.25) is 15.1 Å². The van der Waals surface area contributed by atoms with Crippen LogP contribution in [-0.2, 0) is 29.2 Å². The molecule has 0 aromatic heterocycles. The number of amides is 1. The summed E-state index contributed by atoms with van der Waals surface area (Å²) < 4.78 is 7.79. The molecule has 36 heavy (non-hydrogen) atoms. The molecule has 0 fully saturated rings. The van der Waals surface area contributed by atoms with Crippen LogP contribution in [-0.4, -0.2) is 27.9 Å². The van der Waals surface area contributed by atoms with E-state index in [-0.39, 0.29) is 19.6 Å². The van der Waals surface area contributed by atoms with Gasteiger partial charge in [-0.3, -0.25) is 4.79 Å². The van der Waals surface area contributed by atoms with Crippen LogP contribution in [0, 0.1) is 7.14 Å². The van der Waals surface area contributed by atoms with Crippen molar-refractivity contribution in [1.82, 2.24) is 4.90 Å². The van der Waals surface area contributed by atoms with Crippen LogP contribution >= 0.6 is 80.0 Å². The Morgan fingerprint density at radius 3 is 2.44 bits per heavy atom. The third-order valence-corrected chi connectivity index (χ3v) is 8.63. The minimum absolute atomic E-state index is 0.142. The van der Waals surface area contributed by atoms with Gasteiger partial charge in [0.25, 0.3) is 0 Å². The van der Waals surface area contributed by atoms with E-state index in [1.807, 2.05) is 12.1 Å². The number of carboxylic acid groups (broad SMARTS) is 1. The first-order chi connectivity index (χ1) is 17.2. The number of rotatable bonds is 6. The summed E-state index contributed by atoms with van der Waals surface area (Å²) in [5.74, 6) is -0.807. The van der Waals surface area contributed by atoms with Gasteiger partial charge in [-0.1, -0.05) is 53.0 Å². The quantitative estimate of drug-likeness (QED) is 0.209. The first-order valence-corrected chi connectivity index (χ1v) is 14.0. The third kappa shape index (κ3) is 6.12. The predicted molar refractivity (Wildman–Crippen MR) is 159 cm³/mol. The van der Waals surface area contributed by atoms with Crippen LogP contribution in [0.25, 0.3) is 6.08 Å². The van der Waals surface area contributed by atoms with Crippen LogP contribution < -0.4 is 4.74 Å². The third-order valence-electron chi connectivity index (χ3n) is 5.75. The molecule has 1 atom stereocenters. The molecule has 1 amide bonds. The normalized spacial score (nSPS) is 15.1. The highest BCUT2D eigenvalue weighted by Crippen LogP contribution is 2.38. The number of carbonyl (C=O) groups is 2. The van der Waals surface area contributed by atoms with Gasteiger partial charge in [-0.15, -0.1) is 0 Å². The topological polar surface area (TPSA) is 66.8 Å². The van der Waals surface area contributed by atoms with Crippen molar-refractivity contribution in [3.63, 3.8) is 0 Å². The van der Waals surface area contributed by atoms with Gasteiger partial charge in [0.2, 0.25) is 5.91 Å². The number of ether oxygens (including phenoxy) is 1. The summed E-state index contributed by atoms with van der Waals surface area (Å²) in [5.41, 5.74) is 3.16. The van der Waals surface area contributed by atoms with Crippen LogP contribution in [0.15, 0.2) is 54.6 Å². The second kappa shape index (κ2) is 11.9. The van der Waals surface area contributed by atoms with Gasteiger partial charge in [-0.2, -0.15) is 0 Å². The van der Waals surface area contributed by atoms with E-state index in [4.69, 9.17) is 39.5 Å². The Kier molecular flexibility index (Phi) is 9.09. The van der Waals surface area contributed by atoms with E-state index >= 15 is 0 Å². The molecule has 3 aromatic carbocycles. The molecule has 0 spiro atoms. The predicted octanol–water partition coefficient (Wildman–Crippen LogP) is 7.49. The number of aliphatic carboxylic acids is 1. The van der Waals surface area contributed by atoms with Crippen LogP contribution in [0.3, 0.4) is 0 Å². The lowest BCUT2D eigenvalue weighted by atomic mass is 9.93. The van der Waals surface area contributed by atoms with Crippen molar-refractivity contribution in [2.45, 2.75) is 25.6 Å². The van der Waals surface area contributed by atoms with Gasteiger partial charge in [0, 0.05) is 39.7 Å². The maximum absolute atomic E-state index is 13.1. The van der Waals surface area contributed by atoms with Crippen molar-refractivity contribution in [2.24, 2.45) is 0 Å². The van der Waals surface area contributed by atoms with Crippen molar-refractivity contribution < 1.29 is 19.4 Å². The lowest BCUT2D eigenvalue weighted by Crippen LogP contribution is -2.48. The molecule has 0 unspecified atom stereocenters. The Labute approximate surface area is 250 Å². The maximum Gasteiger partial charge on any atom is 0.326 e. The van der Waals surface area contributed by atoms with E-state index in [2.05, 4.69) is 45.2 Å². The summed E-state index contributed by atoms with van der Waals surface area (Å²) in [6.45, 7) is 0.315. The summed E-state index contributed by atoms with van der Waals surface area (Å²) in [4.78, 5) is 26.5. The first kappa shape index (κ1) is 27.5. The monoisotopic (exact) mass is 767 g/mol. The smallest absolute Gasteiger partial charge is 0.326 e. The number of carboxylic acids is 1. The summed E-state index contributed by atoms with van der Waals surface area (Å²) in [6, 6.07) is 13.3. The number of nitrogens with zero attached hydrogens (tertiary/aromatic N) is 1.